The number of aromatic hydroxyl groups is 1. The van der Waals surface area contributed by atoms with Gasteiger partial charge in [-0.05, 0) is 48.8 Å². The standard InChI is InChI=1S/C24H38N4O4S/c29-21-8-6-19(7-9-21)25-17-20(10-15-33)26-23(30)22(16-18-4-2-1-3-5-18)27-24(31)28-11-13-32-14-12-28/h6-9,18,20,22,25,29,33H,1-5,10-17H2,(H,26,30)(H,27,31)/t20-,22-/m0/s1. The van der Waals surface area contributed by atoms with Crippen LogP contribution in [0.1, 0.15) is 44.9 Å². The van der Waals surface area contributed by atoms with Crippen LogP contribution in [0.3, 0.4) is 0 Å². The number of urea groups is 1. The number of thiol groups is 1. The molecule has 0 radical (unpaired) electrons. The molecule has 0 unspecified atom stereocenters. The smallest absolute Gasteiger partial charge is 0.318 e. The predicted octanol–water partition coefficient (Wildman–Crippen LogP) is 2.99. The van der Waals surface area contributed by atoms with Crippen molar-refractivity contribution in [2.45, 2.75) is 57.0 Å². The second kappa shape index (κ2) is 13.5. The van der Waals surface area contributed by atoms with E-state index < -0.39 is 6.04 Å². The Morgan fingerprint density at radius 2 is 1.79 bits per heavy atom. The molecule has 1 aliphatic carbocycles. The molecule has 0 spiro atoms. The van der Waals surface area contributed by atoms with Gasteiger partial charge in [0.1, 0.15) is 11.8 Å². The maximum absolute atomic E-state index is 13.3. The highest BCUT2D eigenvalue weighted by molar-refractivity contribution is 7.80. The molecular formula is C24H38N4O4S. The predicted molar refractivity (Wildman–Crippen MR) is 133 cm³/mol. The van der Waals surface area contributed by atoms with E-state index in [1.165, 1.54) is 19.3 Å². The van der Waals surface area contributed by atoms with Crippen molar-refractivity contribution in [3.63, 3.8) is 0 Å². The topological polar surface area (TPSA) is 103 Å². The van der Waals surface area contributed by atoms with Crippen molar-refractivity contribution in [1.82, 2.24) is 15.5 Å². The lowest BCUT2D eigenvalue weighted by Crippen LogP contribution is -2.55. The van der Waals surface area contributed by atoms with Gasteiger partial charge in [0, 0.05) is 31.4 Å². The summed E-state index contributed by atoms with van der Waals surface area (Å²) in [6.45, 7) is 2.68. The second-order valence-corrected chi connectivity index (χ2v) is 9.43. The fourth-order valence-corrected chi connectivity index (χ4v) is 4.81. The zero-order valence-electron chi connectivity index (χ0n) is 19.3. The molecule has 33 heavy (non-hydrogen) atoms. The van der Waals surface area contributed by atoms with E-state index in [1.807, 2.05) is 0 Å². The van der Waals surface area contributed by atoms with Crippen LogP contribution in [0, 0.1) is 5.92 Å². The zero-order chi connectivity index (χ0) is 23.5. The molecule has 1 aliphatic heterocycles. The minimum absolute atomic E-state index is 0.127. The van der Waals surface area contributed by atoms with Gasteiger partial charge in [-0.2, -0.15) is 12.6 Å². The lowest BCUT2D eigenvalue weighted by atomic mass is 9.84. The molecule has 2 fully saturated rings. The van der Waals surface area contributed by atoms with Crippen molar-refractivity contribution in [1.29, 1.82) is 0 Å². The first kappa shape index (κ1) is 25.5. The van der Waals surface area contributed by atoms with Crippen molar-refractivity contribution in [2.75, 3.05) is 43.9 Å². The Hall–Kier alpha value is -2.13. The van der Waals surface area contributed by atoms with E-state index in [2.05, 4.69) is 28.6 Å². The fourth-order valence-electron chi connectivity index (χ4n) is 4.50. The van der Waals surface area contributed by atoms with Gasteiger partial charge in [0.25, 0.3) is 0 Å². The van der Waals surface area contributed by atoms with Crippen LogP contribution in [0.15, 0.2) is 24.3 Å². The third-order valence-corrected chi connectivity index (χ3v) is 6.71. The van der Waals surface area contributed by atoms with Gasteiger partial charge < -0.3 is 30.7 Å². The molecule has 1 aromatic rings. The highest BCUT2D eigenvalue weighted by Crippen LogP contribution is 2.27. The third-order valence-electron chi connectivity index (χ3n) is 6.45. The number of anilines is 1. The van der Waals surface area contributed by atoms with Crippen LogP contribution < -0.4 is 16.0 Å². The Labute approximate surface area is 202 Å². The Bertz CT molecular complexity index is 736. The number of ether oxygens (including phenoxy) is 1. The average Bonchev–Trinajstić information content (AvgIpc) is 2.84. The number of carbonyl (C=O) groups is 2. The molecule has 1 saturated carbocycles. The molecule has 0 bridgehead atoms. The molecule has 1 saturated heterocycles. The molecule has 3 rings (SSSR count). The van der Waals surface area contributed by atoms with Crippen LogP contribution in [-0.4, -0.2) is 72.6 Å². The fraction of sp³-hybridized carbons (Fsp3) is 0.667. The minimum atomic E-state index is -0.556. The molecule has 184 valence electrons. The van der Waals surface area contributed by atoms with Gasteiger partial charge in [0.15, 0.2) is 0 Å². The number of hydrogen-bond donors (Lipinski definition) is 5. The number of carbonyl (C=O) groups excluding carboxylic acids is 2. The van der Waals surface area contributed by atoms with E-state index in [-0.39, 0.29) is 23.7 Å². The Kier molecular flexibility index (Phi) is 10.5. The van der Waals surface area contributed by atoms with Crippen LogP contribution in [0.5, 0.6) is 5.75 Å². The molecule has 9 heteroatoms. The molecule has 2 atom stereocenters. The molecule has 2 aliphatic rings. The minimum Gasteiger partial charge on any atom is -0.508 e. The summed E-state index contributed by atoms with van der Waals surface area (Å²) >= 11 is 4.36. The van der Waals surface area contributed by atoms with Gasteiger partial charge >= 0.3 is 6.03 Å². The summed E-state index contributed by atoms with van der Waals surface area (Å²) in [4.78, 5) is 27.9. The largest absolute Gasteiger partial charge is 0.508 e. The van der Waals surface area contributed by atoms with E-state index in [9.17, 15) is 14.7 Å². The average molecular weight is 479 g/mol. The first-order valence-corrected chi connectivity index (χ1v) is 12.8. The lowest BCUT2D eigenvalue weighted by molar-refractivity contribution is -0.124. The van der Waals surface area contributed by atoms with Gasteiger partial charge in [-0.15, -0.1) is 0 Å². The van der Waals surface area contributed by atoms with Gasteiger partial charge in [0.05, 0.1) is 13.2 Å². The van der Waals surface area contributed by atoms with E-state index in [0.29, 0.717) is 57.4 Å². The quantitative estimate of drug-likeness (QED) is 0.263. The van der Waals surface area contributed by atoms with E-state index in [4.69, 9.17) is 4.74 Å². The summed E-state index contributed by atoms with van der Waals surface area (Å²) in [6, 6.07) is 5.96. The van der Waals surface area contributed by atoms with E-state index in [1.54, 1.807) is 29.2 Å². The maximum Gasteiger partial charge on any atom is 0.318 e. The summed E-state index contributed by atoms with van der Waals surface area (Å²) in [5.74, 6) is 1.16. The summed E-state index contributed by atoms with van der Waals surface area (Å²) < 4.78 is 5.34. The molecule has 3 amide bonds. The van der Waals surface area contributed by atoms with Crippen LogP contribution in [0.25, 0.3) is 0 Å². The number of nitrogens with one attached hydrogen (secondary N) is 3. The van der Waals surface area contributed by atoms with Crippen molar-refractivity contribution in [2.24, 2.45) is 5.92 Å². The van der Waals surface area contributed by atoms with Gasteiger partial charge in [-0.1, -0.05) is 32.1 Å². The van der Waals surface area contributed by atoms with E-state index >= 15 is 0 Å². The number of nitrogens with zero attached hydrogens (tertiary/aromatic N) is 1. The summed E-state index contributed by atoms with van der Waals surface area (Å²) in [5, 5.41) is 18.9. The lowest BCUT2D eigenvalue weighted by Gasteiger charge is -2.32. The Morgan fingerprint density at radius 3 is 2.45 bits per heavy atom. The molecular weight excluding hydrogens is 440 g/mol. The molecule has 0 aromatic heterocycles. The van der Waals surface area contributed by atoms with Crippen molar-refractivity contribution < 1.29 is 19.4 Å². The normalized spacial score (nSPS) is 18.9. The van der Waals surface area contributed by atoms with Crippen LogP contribution in [-0.2, 0) is 9.53 Å². The Balaban J connectivity index is 1.60. The zero-order valence-corrected chi connectivity index (χ0v) is 20.2. The summed E-state index contributed by atoms with van der Waals surface area (Å²) in [6.07, 6.45) is 7.22. The summed E-state index contributed by atoms with van der Waals surface area (Å²) in [5.41, 5.74) is 0.866. The van der Waals surface area contributed by atoms with Crippen molar-refractivity contribution in [3.8, 4) is 5.75 Å². The van der Waals surface area contributed by atoms with Crippen LogP contribution in [0.2, 0.25) is 0 Å². The number of phenols is 1. The van der Waals surface area contributed by atoms with Gasteiger partial charge in [-0.25, -0.2) is 4.79 Å². The maximum atomic E-state index is 13.3. The van der Waals surface area contributed by atoms with Gasteiger partial charge in [-0.3, -0.25) is 4.79 Å². The first-order valence-electron chi connectivity index (χ1n) is 12.1. The van der Waals surface area contributed by atoms with Gasteiger partial charge in [0.2, 0.25) is 5.91 Å². The van der Waals surface area contributed by atoms with E-state index in [0.717, 1.165) is 18.5 Å². The van der Waals surface area contributed by atoms with Crippen LogP contribution >= 0.6 is 12.6 Å². The highest BCUT2D eigenvalue weighted by Gasteiger charge is 2.29. The number of phenolic OH excluding ortho intramolecular Hbond substituents is 1. The monoisotopic (exact) mass is 478 g/mol. The second-order valence-electron chi connectivity index (χ2n) is 8.99. The van der Waals surface area contributed by atoms with Crippen LogP contribution in [0.4, 0.5) is 10.5 Å². The molecule has 4 N–H and O–H groups in total. The number of morpholine rings is 1. The number of benzene rings is 1. The molecule has 1 aromatic carbocycles. The third kappa shape index (κ3) is 8.62. The number of rotatable bonds is 10. The molecule has 1 heterocycles. The number of amides is 3. The number of hydrogen-bond acceptors (Lipinski definition) is 6. The SMILES string of the molecule is O=C(N[C@@H](CCS)CNc1ccc(O)cc1)[C@H](CC1CCCCC1)NC(=O)N1CCOCC1. The molecule has 8 nitrogen and oxygen atoms in total. The first-order chi connectivity index (χ1) is 16.0. The Morgan fingerprint density at radius 1 is 1.09 bits per heavy atom. The highest BCUT2D eigenvalue weighted by atomic mass is 32.1. The van der Waals surface area contributed by atoms with Crippen molar-refractivity contribution in [3.05, 3.63) is 24.3 Å². The van der Waals surface area contributed by atoms with Crippen molar-refractivity contribution >= 4 is 30.3 Å². The summed E-state index contributed by atoms with van der Waals surface area (Å²) in [7, 11) is 0.